The molecule has 1 aliphatic heterocycles. The predicted octanol–water partition coefficient (Wildman–Crippen LogP) is 9.27. The molecule has 0 amide bonds. The van der Waals surface area contributed by atoms with Gasteiger partial charge in [0.1, 0.15) is 0 Å². The number of aromatic nitrogens is 3. The lowest BCUT2D eigenvalue weighted by molar-refractivity contribution is 0.583. The van der Waals surface area contributed by atoms with Gasteiger partial charge in [-0.25, -0.2) is 4.68 Å². The number of aromatic amines is 1. The van der Waals surface area contributed by atoms with Gasteiger partial charge in [0.2, 0.25) is 0 Å². The topological polar surface area (TPSA) is 46.0 Å². The number of H-pyrrole nitrogens is 1. The van der Waals surface area contributed by atoms with Crippen LogP contribution in [0.25, 0.3) is 27.7 Å². The summed E-state index contributed by atoms with van der Waals surface area (Å²) < 4.78 is 11.4. The molecule has 2 aromatic heterocycles. The average Bonchev–Trinajstić information content (AvgIpc) is 3.80. The van der Waals surface area contributed by atoms with Gasteiger partial charge in [-0.1, -0.05) is 118 Å². The third-order valence-electron chi connectivity index (χ3n) is 7.16. The predicted molar refractivity (Wildman–Crippen MR) is 174 cm³/mol. The first kappa shape index (κ1) is 28.5. The van der Waals surface area contributed by atoms with Crippen LogP contribution in [0, 0.1) is 0 Å². The van der Waals surface area contributed by atoms with E-state index in [1.807, 2.05) is 35.3 Å². The van der Waals surface area contributed by atoms with Crippen molar-refractivity contribution in [2.24, 2.45) is 4.99 Å². The molecule has 4 nitrogen and oxygen atoms in total. The second kappa shape index (κ2) is 12.6. The largest absolute Gasteiger partial charge is 0.360 e. The average molecular weight is 555 g/mol. The van der Waals surface area contributed by atoms with Gasteiger partial charge in [-0.3, -0.25) is 9.38 Å². The molecule has 0 bridgehead atoms. The number of nitrogens with one attached hydrogen (secondary N) is 1. The lowest BCUT2D eigenvalue weighted by Gasteiger charge is -2.22. The molecule has 0 atom stereocenters. The van der Waals surface area contributed by atoms with Crippen molar-refractivity contribution in [2.75, 3.05) is 7.18 Å². The minimum Gasteiger partial charge on any atom is -0.360 e. The van der Waals surface area contributed by atoms with Crippen molar-refractivity contribution in [2.45, 2.75) is 26.2 Å². The fraction of sp³-hybridized carbons (Fsp3) is 0.135. The second-order valence-corrected chi connectivity index (χ2v) is 10.9. The number of rotatable bonds is 3. The Balaban J connectivity index is 0.000000178. The monoisotopic (exact) mass is 554 g/mol. The lowest BCUT2D eigenvalue weighted by Crippen LogP contribution is -2.15. The van der Waals surface area contributed by atoms with Crippen LogP contribution in [-0.2, 0) is 5.41 Å². The van der Waals surface area contributed by atoms with Gasteiger partial charge in [0.25, 0.3) is 0 Å². The first-order valence-electron chi connectivity index (χ1n) is 14.0. The molecule has 210 valence electrons. The van der Waals surface area contributed by atoms with E-state index < -0.39 is 0 Å². The number of hydrogen-bond acceptors (Lipinski definition) is 2. The van der Waals surface area contributed by atoms with Gasteiger partial charge in [-0.15, -0.1) is 0 Å². The van der Waals surface area contributed by atoms with Crippen LogP contribution in [0.3, 0.4) is 0 Å². The van der Waals surface area contributed by atoms with E-state index in [1.54, 1.807) is 6.20 Å². The minimum atomic E-state index is 0.141. The summed E-state index contributed by atoms with van der Waals surface area (Å²) >= 11 is 0. The highest BCUT2D eigenvalue weighted by Gasteiger charge is 2.21. The molecular formula is C37H35FN4. The van der Waals surface area contributed by atoms with Crippen molar-refractivity contribution >= 4 is 28.3 Å². The second-order valence-electron chi connectivity index (χ2n) is 10.9. The van der Waals surface area contributed by atoms with E-state index in [-0.39, 0.29) is 5.41 Å². The maximum atomic E-state index is 9.50. The number of alkyl halides is 1. The number of aliphatic imine (C=N–C) groups is 1. The first-order valence-corrected chi connectivity index (χ1v) is 14.0. The fourth-order valence-corrected chi connectivity index (χ4v) is 5.24. The third kappa shape index (κ3) is 5.86. The van der Waals surface area contributed by atoms with Crippen LogP contribution in [0.2, 0.25) is 0 Å². The summed E-state index contributed by atoms with van der Waals surface area (Å²) in [5.74, 6) is 0. The normalized spacial score (nSPS) is 13.1. The van der Waals surface area contributed by atoms with E-state index in [1.165, 1.54) is 33.0 Å². The Morgan fingerprint density at radius 2 is 1.45 bits per heavy atom. The summed E-state index contributed by atoms with van der Waals surface area (Å²) in [7, 11) is 0.500. The molecule has 0 aliphatic carbocycles. The fourth-order valence-electron chi connectivity index (χ4n) is 5.24. The molecule has 5 heteroatoms. The minimum absolute atomic E-state index is 0.141. The number of benzene rings is 4. The number of para-hydroxylation sites is 1. The Bertz CT molecular complexity index is 1820. The summed E-state index contributed by atoms with van der Waals surface area (Å²) in [5, 5.41) is 6.70. The number of fused-ring (bicyclic) bond motifs is 2. The van der Waals surface area contributed by atoms with Crippen LogP contribution in [0.15, 0.2) is 133 Å². The Morgan fingerprint density at radius 3 is 2.21 bits per heavy atom. The first-order chi connectivity index (χ1) is 20.5. The molecule has 42 heavy (non-hydrogen) atoms. The van der Waals surface area contributed by atoms with Crippen molar-refractivity contribution in [3.8, 4) is 5.69 Å². The van der Waals surface area contributed by atoms with Gasteiger partial charge in [0.05, 0.1) is 24.3 Å². The maximum Gasteiger partial charge on any atom is 0.0808 e. The highest BCUT2D eigenvalue weighted by molar-refractivity contribution is 6.11. The van der Waals surface area contributed by atoms with E-state index in [9.17, 15) is 4.39 Å². The smallest absolute Gasteiger partial charge is 0.0808 e. The van der Waals surface area contributed by atoms with E-state index in [2.05, 4.69) is 128 Å². The van der Waals surface area contributed by atoms with E-state index in [4.69, 9.17) is 4.99 Å². The molecule has 3 heterocycles. The molecule has 0 saturated heterocycles. The number of hydrogen-bond donors (Lipinski definition) is 1. The lowest BCUT2D eigenvalue weighted by atomic mass is 9.86. The Morgan fingerprint density at radius 1 is 0.762 bits per heavy atom. The van der Waals surface area contributed by atoms with Crippen molar-refractivity contribution in [1.82, 2.24) is 14.8 Å². The Hall–Kier alpha value is -5.03. The summed E-state index contributed by atoms with van der Waals surface area (Å²) in [6.07, 6.45) is 7.81. The van der Waals surface area contributed by atoms with E-state index in [0.29, 0.717) is 7.18 Å². The zero-order valence-electron chi connectivity index (χ0n) is 24.4. The van der Waals surface area contributed by atoms with Crippen molar-refractivity contribution < 1.29 is 4.39 Å². The van der Waals surface area contributed by atoms with Gasteiger partial charge < -0.3 is 4.98 Å². The van der Waals surface area contributed by atoms with Crippen LogP contribution in [-0.4, -0.2) is 28.2 Å². The maximum absolute atomic E-state index is 9.50. The molecule has 4 aromatic carbocycles. The molecule has 7 rings (SSSR count). The molecule has 0 spiro atoms. The Labute approximate surface area is 246 Å². The van der Waals surface area contributed by atoms with Gasteiger partial charge in [0, 0.05) is 46.9 Å². The van der Waals surface area contributed by atoms with Crippen LogP contribution < -0.4 is 0 Å². The molecule has 0 unspecified atom stereocenters. The molecule has 1 N–H and O–H groups in total. The summed E-state index contributed by atoms with van der Waals surface area (Å²) in [4.78, 5) is 8.27. The molecule has 0 fully saturated rings. The van der Waals surface area contributed by atoms with Gasteiger partial charge >= 0.3 is 0 Å². The van der Waals surface area contributed by atoms with Crippen molar-refractivity contribution in [3.63, 3.8) is 0 Å². The molecule has 0 radical (unpaired) electrons. The SMILES string of the molecule is C1=N/C(=C(/c2ccccc2)c2[nH]cc3ccccc23)c2ccccc21.CC(C)(C)c1ccccc1-n1cccn1.CF. The summed E-state index contributed by atoms with van der Waals surface area (Å²) in [5.41, 5.74) is 9.41. The van der Waals surface area contributed by atoms with Crippen LogP contribution in [0.5, 0.6) is 0 Å². The van der Waals surface area contributed by atoms with E-state index in [0.717, 1.165) is 22.7 Å². The zero-order chi connectivity index (χ0) is 29.5. The third-order valence-corrected chi connectivity index (χ3v) is 7.16. The van der Waals surface area contributed by atoms with Crippen molar-refractivity contribution in [3.05, 3.63) is 156 Å². The molecular weight excluding hydrogens is 519 g/mol. The number of nitrogens with zero attached hydrogens (tertiary/aromatic N) is 3. The summed E-state index contributed by atoms with van der Waals surface area (Å²) in [6, 6.07) is 37.7. The van der Waals surface area contributed by atoms with E-state index >= 15 is 0 Å². The molecule has 1 aliphatic rings. The molecule has 0 saturated carbocycles. The zero-order valence-corrected chi connectivity index (χ0v) is 24.4. The Kier molecular flexibility index (Phi) is 8.58. The highest BCUT2D eigenvalue weighted by Crippen LogP contribution is 2.38. The van der Waals surface area contributed by atoms with Gasteiger partial charge in [-0.2, -0.15) is 5.10 Å². The van der Waals surface area contributed by atoms with Gasteiger partial charge in [0.15, 0.2) is 0 Å². The van der Waals surface area contributed by atoms with Crippen LogP contribution in [0.1, 0.15) is 48.7 Å². The van der Waals surface area contributed by atoms with Crippen LogP contribution in [0.4, 0.5) is 4.39 Å². The van der Waals surface area contributed by atoms with Gasteiger partial charge in [-0.05, 0) is 34.1 Å². The number of halogens is 1. The highest BCUT2D eigenvalue weighted by atomic mass is 19.1. The molecule has 6 aromatic rings. The quantitative estimate of drug-likeness (QED) is 0.233. The standard InChI is InChI=1S/C23H16N2.C13H16N2.CH3F/c1-2-8-16(9-3-1)21(22-19-12-6-4-10-17(19)14-24-22)23-20-13-7-5-11-18(20)15-25-23;1-13(2,3)11-7-4-5-8-12(11)15-10-6-9-14-15;1-2/h1-15,24H;4-10H,1-3H3;1H3/b23-21-;;. The van der Waals surface area contributed by atoms with Crippen molar-refractivity contribution in [1.29, 1.82) is 0 Å². The van der Waals surface area contributed by atoms with Crippen LogP contribution >= 0.6 is 0 Å². The summed E-state index contributed by atoms with van der Waals surface area (Å²) in [6.45, 7) is 6.65.